The summed E-state index contributed by atoms with van der Waals surface area (Å²) in [5.74, 6) is 2.76. The molecule has 51 heavy (non-hydrogen) atoms. The van der Waals surface area contributed by atoms with Gasteiger partial charge in [0.1, 0.15) is 17.3 Å². The normalized spacial score (nSPS) is 12.4. The Balaban J connectivity index is 1.38. The number of pyridine rings is 1. The van der Waals surface area contributed by atoms with Crippen LogP contribution in [-0.2, 0) is 10.8 Å². The molecule has 0 N–H and O–H groups in total. The molecule has 0 bridgehead atoms. The highest BCUT2D eigenvalue weighted by Gasteiger charge is 2.29. The van der Waals surface area contributed by atoms with Crippen LogP contribution in [0.15, 0.2) is 97.2 Å². The summed E-state index contributed by atoms with van der Waals surface area (Å²) in [5.41, 5.74) is 12.7. The van der Waals surface area contributed by atoms with Crippen LogP contribution in [0.1, 0.15) is 94.9 Å². The highest BCUT2D eigenvalue weighted by atomic mass is 16.5. The lowest BCUT2D eigenvalue weighted by molar-refractivity contribution is 0.480. The zero-order valence-electron chi connectivity index (χ0n) is 32.0. The molecule has 7 rings (SSSR count). The van der Waals surface area contributed by atoms with Gasteiger partial charge in [0.25, 0.3) is 0 Å². The van der Waals surface area contributed by atoms with Crippen molar-refractivity contribution < 1.29 is 4.74 Å². The lowest BCUT2D eigenvalue weighted by Crippen LogP contribution is -2.19. The Kier molecular flexibility index (Phi) is 8.45. The van der Waals surface area contributed by atoms with E-state index < -0.39 is 0 Å². The number of para-hydroxylation sites is 1. The Morgan fingerprint density at radius 1 is 0.647 bits per heavy atom. The molecule has 0 amide bonds. The molecule has 3 heterocycles. The molecule has 0 unspecified atom stereocenters. The first-order chi connectivity index (χ1) is 24.1. The van der Waals surface area contributed by atoms with Gasteiger partial charge in [-0.1, -0.05) is 91.8 Å². The summed E-state index contributed by atoms with van der Waals surface area (Å²) in [6.45, 7) is 24.5. The molecule has 0 aliphatic carbocycles. The maximum absolute atomic E-state index is 6.81. The van der Waals surface area contributed by atoms with Gasteiger partial charge in [0.2, 0.25) is 0 Å². The third-order valence-corrected chi connectivity index (χ3v) is 10.0. The van der Waals surface area contributed by atoms with E-state index in [-0.39, 0.29) is 10.8 Å². The first-order valence-electron chi connectivity index (χ1n) is 18.1. The summed E-state index contributed by atoms with van der Waals surface area (Å²) >= 11 is 0. The number of rotatable bonds is 6. The van der Waals surface area contributed by atoms with Crippen molar-refractivity contribution >= 4 is 21.8 Å². The number of hydrogen-bond acceptors (Lipinski definition) is 3. The quantitative estimate of drug-likeness (QED) is 0.176. The summed E-state index contributed by atoms with van der Waals surface area (Å²) in [5, 5.41) is 7.59. The fourth-order valence-corrected chi connectivity index (χ4v) is 7.44. The third kappa shape index (κ3) is 6.24. The molecule has 7 aromatic rings. The van der Waals surface area contributed by atoms with Crippen LogP contribution in [0.5, 0.6) is 11.5 Å². The lowest BCUT2D eigenvalue weighted by Gasteiger charge is -2.25. The fourth-order valence-electron chi connectivity index (χ4n) is 7.44. The average molecular weight is 675 g/mol. The van der Waals surface area contributed by atoms with Crippen LogP contribution in [0, 0.1) is 20.8 Å². The van der Waals surface area contributed by atoms with E-state index in [0.717, 1.165) is 39.7 Å². The molecule has 0 spiro atoms. The Labute approximate surface area is 302 Å². The van der Waals surface area contributed by atoms with E-state index in [4.69, 9.17) is 14.8 Å². The molecule has 5 nitrogen and oxygen atoms in total. The Morgan fingerprint density at radius 3 is 2.04 bits per heavy atom. The number of ether oxygens (including phenoxy) is 1. The summed E-state index contributed by atoms with van der Waals surface area (Å²) in [6.07, 6.45) is 1.92. The maximum Gasteiger partial charge on any atom is 0.137 e. The second-order valence-corrected chi connectivity index (χ2v) is 16.4. The smallest absolute Gasteiger partial charge is 0.137 e. The highest BCUT2D eigenvalue weighted by molar-refractivity contribution is 6.09. The topological polar surface area (TPSA) is 44.9 Å². The van der Waals surface area contributed by atoms with Crippen LogP contribution in [0.4, 0.5) is 0 Å². The van der Waals surface area contributed by atoms with Crippen molar-refractivity contribution in [3.8, 4) is 34.1 Å². The van der Waals surface area contributed by atoms with E-state index in [2.05, 4.69) is 176 Å². The van der Waals surface area contributed by atoms with Crippen molar-refractivity contribution in [1.82, 2.24) is 19.3 Å². The second kappa shape index (κ2) is 12.6. The van der Waals surface area contributed by atoms with Gasteiger partial charge in [0, 0.05) is 40.1 Å². The van der Waals surface area contributed by atoms with Crippen molar-refractivity contribution in [1.29, 1.82) is 0 Å². The van der Waals surface area contributed by atoms with Crippen LogP contribution < -0.4 is 4.74 Å². The van der Waals surface area contributed by atoms with Crippen LogP contribution in [0.25, 0.3) is 44.4 Å². The number of aromatic nitrogens is 4. The first kappa shape index (κ1) is 34.3. The molecular formula is C46H50N4O. The van der Waals surface area contributed by atoms with E-state index in [9.17, 15) is 0 Å². The first-order valence-corrected chi connectivity index (χ1v) is 18.1. The van der Waals surface area contributed by atoms with Crippen molar-refractivity contribution in [2.24, 2.45) is 0 Å². The van der Waals surface area contributed by atoms with Crippen molar-refractivity contribution in [2.45, 2.75) is 92.9 Å². The van der Waals surface area contributed by atoms with E-state index in [1.165, 1.54) is 49.8 Å². The zero-order chi connectivity index (χ0) is 36.4. The van der Waals surface area contributed by atoms with Crippen molar-refractivity contribution in [3.05, 3.63) is 131 Å². The summed E-state index contributed by atoms with van der Waals surface area (Å²) in [7, 11) is 0. The number of fused-ring (bicyclic) bond motifs is 3. The van der Waals surface area contributed by atoms with Gasteiger partial charge < -0.3 is 4.74 Å². The Hall–Kier alpha value is -5.16. The number of nitrogens with zero attached hydrogens (tertiary/aromatic N) is 4. The van der Waals surface area contributed by atoms with E-state index in [1.54, 1.807) is 0 Å². The predicted octanol–water partition coefficient (Wildman–Crippen LogP) is 12.5. The van der Waals surface area contributed by atoms with E-state index >= 15 is 0 Å². The highest BCUT2D eigenvalue weighted by Crippen LogP contribution is 2.41. The Morgan fingerprint density at radius 2 is 1.35 bits per heavy atom. The van der Waals surface area contributed by atoms with Gasteiger partial charge in [-0.25, -0.2) is 9.67 Å². The monoisotopic (exact) mass is 674 g/mol. The predicted molar refractivity (Wildman–Crippen MR) is 213 cm³/mol. The molecule has 0 saturated carbocycles. The SMILES string of the molecule is Cc1cccc(C)c1-c1c(C)nn(-c2cc(Oc3ccc4c5ccccc5n(-c5cc(C(C)(C)C)ccn5)c4c3)cc(C(C)C)c2)c1C(C)(C)C. The molecular weight excluding hydrogens is 625 g/mol. The summed E-state index contributed by atoms with van der Waals surface area (Å²) < 4.78 is 11.2. The van der Waals surface area contributed by atoms with Gasteiger partial charge in [0.15, 0.2) is 0 Å². The van der Waals surface area contributed by atoms with Crippen LogP contribution >= 0.6 is 0 Å². The van der Waals surface area contributed by atoms with Crippen LogP contribution in [0.3, 0.4) is 0 Å². The molecule has 4 aromatic carbocycles. The molecule has 260 valence electrons. The minimum Gasteiger partial charge on any atom is -0.457 e. The van der Waals surface area contributed by atoms with Gasteiger partial charge in [-0.2, -0.15) is 5.10 Å². The van der Waals surface area contributed by atoms with Gasteiger partial charge in [0.05, 0.1) is 28.1 Å². The van der Waals surface area contributed by atoms with E-state index in [0.29, 0.717) is 5.92 Å². The van der Waals surface area contributed by atoms with Crippen LogP contribution in [0.2, 0.25) is 0 Å². The fraction of sp³-hybridized carbons (Fsp3) is 0.304. The Bertz CT molecular complexity index is 2410. The largest absolute Gasteiger partial charge is 0.457 e. The maximum atomic E-state index is 6.81. The van der Waals surface area contributed by atoms with Gasteiger partial charge in [-0.3, -0.25) is 4.57 Å². The molecule has 3 aromatic heterocycles. The van der Waals surface area contributed by atoms with Gasteiger partial charge >= 0.3 is 0 Å². The second-order valence-electron chi connectivity index (χ2n) is 16.4. The van der Waals surface area contributed by atoms with Crippen LogP contribution in [-0.4, -0.2) is 19.3 Å². The lowest BCUT2D eigenvalue weighted by atomic mass is 9.83. The van der Waals surface area contributed by atoms with E-state index in [1.807, 2.05) is 6.20 Å². The number of benzene rings is 4. The standard InChI is InChI=1S/C46H50N4O/c1-28(2)32-23-34(50-44(46(9,10)11)43(31(5)48-50)42-29(3)15-14-16-30(42)4)26-36(24-32)51-35-19-20-38-37-17-12-13-18-39(37)49(40(38)27-35)41-25-33(21-22-47-41)45(6,7)8/h12-28H,1-11H3. The molecule has 5 heteroatoms. The van der Waals surface area contributed by atoms with Crippen molar-refractivity contribution in [2.75, 3.05) is 0 Å². The third-order valence-electron chi connectivity index (χ3n) is 10.0. The number of hydrogen-bond donors (Lipinski definition) is 0. The summed E-state index contributed by atoms with van der Waals surface area (Å²) in [4.78, 5) is 4.87. The molecule has 0 aliphatic rings. The number of aryl methyl sites for hydroxylation is 3. The van der Waals surface area contributed by atoms with Gasteiger partial charge in [-0.05, 0) is 102 Å². The molecule has 0 saturated heterocycles. The van der Waals surface area contributed by atoms with Gasteiger partial charge in [-0.15, -0.1) is 0 Å². The zero-order valence-corrected chi connectivity index (χ0v) is 32.0. The molecule has 0 fully saturated rings. The van der Waals surface area contributed by atoms with Crippen molar-refractivity contribution in [3.63, 3.8) is 0 Å². The molecule has 0 atom stereocenters. The average Bonchev–Trinajstić information content (AvgIpc) is 3.59. The molecule has 0 aliphatic heterocycles. The molecule has 0 radical (unpaired) electrons. The minimum absolute atomic E-state index is 0.00332. The minimum atomic E-state index is -0.170. The summed E-state index contributed by atoms with van der Waals surface area (Å²) in [6, 6.07) is 32.4.